The minimum atomic E-state index is -0.862. The van der Waals surface area contributed by atoms with Crippen LogP contribution in [0, 0.1) is 25.2 Å². The summed E-state index contributed by atoms with van der Waals surface area (Å²) in [7, 11) is 0. The number of benzene rings is 1. The number of aromatic nitrogens is 1. The van der Waals surface area contributed by atoms with Gasteiger partial charge in [-0.25, -0.2) is 4.79 Å². The second kappa shape index (κ2) is 10.8. The van der Waals surface area contributed by atoms with Crippen LogP contribution in [0.4, 0.5) is 11.4 Å². The first-order valence-electron chi connectivity index (χ1n) is 9.88. The summed E-state index contributed by atoms with van der Waals surface area (Å²) < 4.78 is 7.12. The second-order valence-corrected chi connectivity index (χ2v) is 7.03. The highest BCUT2D eigenvalue weighted by molar-refractivity contribution is 6.00. The molecule has 0 aliphatic carbocycles. The first-order valence-corrected chi connectivity index (χ1v) is 9.88. The molecule has 0 radical (unpaired) electrons. The van der Waals surface area contributed by atoms with Gasteiger partial charge in [-0.2, -0.15) is 5.26 Å². The van der Waals surface area contributed by atoms with Crippen LogP contribution >= 0.6 is 0 Å². The number of amides is 2. The predicted octanol–water partition coefficient (Wildman–Crippen LogP) is 3.56. The standard InChI is InChI=1S/C23H26N4O4/c1-5-10-27-15(2)11-18(16(27)3)12-19(13-24)23(30)31-14-22(29)26-21-8-6-20(7-9-21)25-17(4)28/h6-9,11-12H,5,10,14H2,1-4H3,(H,25,28)(H,26,29). The van der Waals surface area contributed by atoms with Gasteiger partial charge in [0.25, 0.3) is 5.91 Å². The van der Waals surface area contributed by atoms with E-state index in [1.165, 1.54) is 13.0 Å². The molecule has 0 spiro atoms. The fourth-order valence-corrected chi connectivity index (χ4v) is 3.08. The van der Waals surface area contributed by atoms with Crippen LogP contribution in [0.5, 0.6) is 0 Å². The molecule has 162 valence electrons. The van der Waals surface area contributed by atoms with Crippen molar-refractivity contribution in [2.75, 3.05) is 17.2 Å². The highest BCUT2D eigenvalue weighted by Gasteiger charge is 2.15. The third-order valence-electron chi connectivity index (χ3n) is 4.52. The van der Waals surface area contributed by atoms with Gasteiger partial charge in [0.2, 0.25) is 5.91 Å². The summed E-state index contributed by atoms with van der Waals surface area (Å²) in [5.41, 5.74) is 3.67. The van der Waals surface area contributed by atoms with Gasteiger partial charge in [-0.05, 0) is 62.2 Å². The Labute approximate surface area is 181 Å². The zero-order valence-electron chi connectivity index (χ0n) is 18.1. The van der Waals surface area contributed by atoms with Crippen LogP contribution in [-0.2, 0) is 25.7 Å². The molecule has 2 N–H and O–H groups in total. The molecule has 0 saturated carbocycles. The number of ether oxygens (including phenoxy) is 1. The Balaban J connectivity index is 1.98. The molecule has 2 aromatic rings. The van der Waals surface area contributed by atoms with Crippen molar-refractivity contribution >= 4 is 35.2 Å². The molecule has 2 rings (SSSR count). The summed E-state index contributed by atoms with van der Waals surface area (Å²) in [4.78, 5) is 35.4. The van der Waals surface area contributed by atoms with Crippen molar-refractivity contribution in [1.29, 1.82) is 5.26 Å². The Bertz CT molecular complexity index is 1040. The SMILES string of the molecule is CCCn1c(C)cc(C=C(C#N)C(=O)OCC(=O)Nc2ccc(NC(C)=O)cc2)c1C. The van der Waals surface area contributed by atoms with Crippen molar-refractivity contribution in [3.05, 3.63) is 52.9 Å². The van der Waals surface area contributed by atoms with Crippen molar-refractivity contribution in [2.45, 2.75) is 40.7 Å². The number of rotatable bonds is 8. The molecule has 0 aliphatic heterocycles. The minimum absolute atomic E-state index is 0.177. The number of nitrogens with zero attached hydrogens (tertiary/aromatic N) is 2. The molecular weight excluding hydrogens is 396 g/mol. The Kier molecular flexibility index (Phi) is 8.15. The molecule has 1 aromatic heterocycles. The topological polar surface area (TPSA) is 113 Å². The number of hydrogen-bond acceptors (Lipinski definition) is 5. The quantitative estimate of drug-likeness (QED) is 0.384. The monoisotopic (exact) mass is 422 g/mol. The summed E-state index contributed by atoms with van der Waals surface area (Å²) in [5.74, 6) is -1.60. The Morgan fingerprint density at radius 3 is 2.29 bits per heavy atom. The normalized spacial score (nSPS) is 10.9. The molecule has 0 bridgehead atoms. The molecule has 0 unspecified atom stereocenters. The number of hydrogen-bond donors (Lipinski definition) is 2. The van der Waals surface area contributed by atoms with Gasteiger partial charge in [-0.3, -0.25) is 9.59 Å². The average molecular weight is 422 g/mol. The van der Waals surface area contributed by atoms with E-state index in [1.54, 1.807) is 24.3 Å². The van der Waals surface area contributed by atoms with Crippen LogP contribution in [0.1, 0.15) is 37.2 Å². The lowest BCUT2D eigenvalue weighted by Gasteiger charge is -2.08. The lowest BCUT2D eigenvalue weighted by atomic mass is 10.1. The van der Waals surface area contributed by atoms with E-state index in [4.69, 9.17) is 4.74 Å². The molecule has 0 fully saturated rings. The van der Waals surface area contributed by atoms with Gasteiger partial charge in [-0.15, -0.1) is 0 Å². The van der Waals surface area contributed by atoms with Gasteiger partial charge >= 0.3 is 5.97 Å². The van der Waals surface area contributed by atoms with Gasteiger partial charge < -0.3 is 19.9 Å². The first-order chi connectivity index (χ1) is 14.7. The zero-order valence-corrected chi connectivity index (χ0v) is 18.1. The van der Waals surface area contributed by atoms with Crippen molar-refractivity contribution in [1.82, 2.24) is 4.57 Å². The highest BCUT2D eigenvalue weighted by Crippen LogP contribution is 2.19. The van der Waals surface area contributed by atoms with Crippen LogP contribution in [0.2, 0.25) is 0 Å². The lowest BCUT2D eigenvalue weighted by Crippen LogP contribution is -2.21. The predicted molar refractivity (Wildman–Crippen MR) is 118 cm³/mol. The van der Waals surface area contributed by atoms with Gasteiger partial charge in [0, 0.05) is 36.2 Å². The Morgan fingerprint density at radius 2 is 1.74 bits per heavy atom. The van der Waals surface area contributed by atoms with Crippen molar-refractivity contribution in [3.8, 4) is 6.07 Å². The number of carbonyl (C=O) groups excluding carboxylic acids is 3. The molecule has 2 amide bonds. The maximum absolute atomic E-state index is 12.3. The smallest absolute Gasteiger partial charge is 0.349 e. The van der Waals surface area contributed by atoms with Crippen LogP contribution in [0.25, 0.3) is 6.08 Å². The number of anilines is 2. The van der Waals surface area contributed by atoms with Crippen molar-refractivity contribution in [3.63, 3.8) is 0 Å². The summed E-state index contributed by atoms with van der Waals surface area (Å²) >= 11 is 0. The van der Waals surface area contributed by atoms with E-state index in [2.05, 4.69) is 22.1 Å². The number of aryl methyl sites for hydroxylation is 1. The third kappa shape index (κ3) is 6.57. The number of nitrogens with one attached hydrogen (secondary N) is 2. The summed E-state index contributed by atoms with van der Waals surface area (Å²) in [6.07, 6.45) is 2.45. The van der Waals surface area contributed by atoms with E-state index in [0.717, 1.165) is 29.9 Å². The molecule has 0 atom stereocenters. The van der Waals surface area contributed by atoms with E-state index >= 15 is 0 Å². The molecule has 0 saturated heterocycles. The first kappa shape index (κ1) is 23.4. The molecule has 0 aliphatic rings. The molecule has 8 nitrogen and oxygen atoms in total. The second-order valence-electron chi connectivity index (χ2n) is 7.03. The molecule has 1 aromatic carbocycles. The molecule has 1 heterocycles. The largest absolute Gasteiger partial charge is 0.451 e. The van der Waals surface area contributed by atoms with Crippen molar-refractivity contribution in [2.24, 2.45) is 0 Å². The molecule has 31 heavy (non-hydrogen) atoms. The number of esters is 1. The van der Waals surface area contributed by atoms with Gasteiger partial charge in [-0.1, -0.05) is 6.92 Å². The van der Waals surface area contributed by atoms with E-state index in [9.17, 15) is 19.6 Å². The summed E-state index contributed by atoms with van der Waals surface area (Å²) in [6, 6.07) is 10.2. The zero-order chi connectivity index (χ0) is 23.0. The molecular formula is C23H26N4O4. The van der Waals surface area contributed by atoms with Gasteiger partial charge in [0.1, 0.15) is 11.6 Å². The third-order valence-corrected chi connectivity index (χ3v) is 4.52. The van der Waals surface area contributed by atoms with E-state index < -0.39 is 18.5 Å². The maximum Gasteiger partial charge on any atom is 0.349 e. The number of carbonyl (C=O) groups is 3. The summed E-state index contributed by atoms with van der Waals surface area (Å²) in [6.45, 7) is 7.70. The number of nitriles is 1. The minimum Gasteiger partial charge on any atom is -0.451 e. The fourth-order valence-electron chi connectivity index (χ4n) is 3.08. The van der Waals surface area contributed by atoms with E-state index in [0.29, 0.717) is 11.4 Å². The van der Waals surface area contributed by atoms with Crippen LogP contribution < -0.4 is 10.6 Å². The fraction of sp³-hybridized carbons (Fsp3) is 0.304. The molecule has 8 heteroatoms. The van der Waals surface area contributed by atoms with E-state index in [1.807, 2.05) is 26.0 Å². The maximum atomic E-state index is 12.3. The lowest BCUT2D eigenvalue weighted by molar-refractivity contribution is -0.142. The average Bonchev–Trinajstić information content (AvgIpc) is 2.99. The summed E-state index contributed by atoms with van der Waals surface area (Å²) in [5, 5.41) is 14.6. The highest BCUT2D eigenvalue weighted by atomic mass is 16.5. The Morgan fingerprint density at radius 1 is 1.13 bits per heavy atom. The van der Waals surface area contributed by atoms with Crippen LogP contribution in [-0.4, -0.2) is 29.0 Å². The van der Waals surface area contributed by atoms with E-state index in [-0.39, 0.29) is 11.5 Å². The van der Waals surface area contributed by atoms with Crippen LogP contribution in [0.15, 0.2) is 35.9 Å². The Hall–Kier alpha value is -3.86. The van der Waals surface area contributed by atoms with Gasteiger partial charge in [0.05, 0.1) is 0 Å². The van der Waals surface area contributed by atoms with Crippen LogP contribution in [0.3, 0.4) is 0 Å². The van der Waals surface area contributed by atoms with Crippen molar-refractivity contribution < 1.29 is 19.1 Å². The van der Waals surface area contributed by atoms with Gasteiger partial charge in [0.15, 0.2) is 6.61 Å².